The molecule has 0 aliphatic rings. The monoisotopic (exact) mass is 414 g/mol. The third kappa shape index (κ3) is 6.57. The lowest BCUT2D eigenvalue weighted by atomic mass is 9.93. The minimum atomic E-state index is -0.150. The summed E-state index contributed by atoms with van der Waals surface area (Å²) >= 11 is 0. The van der Waals surface area contributed by atoms with Crippen molar-refractivity contribution in [2.75, 3.05) is 32.6 Å². The molecular weight excluding hydrogens is 387 g/mol. The molecule has 0 saturated heterocycles. The van der Waals surface area contributed by atoms with E-state index >= 15 is 0 Å². The van der Waals surface area contributed by atoms with Gasteiger partial charge >= 0.3 is 0 Å². The van der Waals surface area contributed by atoms with E-state index in [2.05, 4.69) is 10.3 Å². The molecule has 1 aromatic carbocycles. The molecule has 150 valence electrons. The van der Waals surface area contributed by atoms with E-state index in [-0.39, 0.29) is 36.1 Å². The summed E-state index contributed by atoms with van der Waals surface area (Å²) in [6, 6.07) is 11.0. The maximum absolute atomic E-state index is 12.9. The summed E-state index contributed by atoms with van der Waals surface area (Å²) in [4.78, 5) is 18.9. The highest BCUT2D eigenvalue weighted by atomic mass is 35.5. The number of nitrogens with two attached hydrogens (primary N) is 1. The first-order chi connectivity index (χ1) is 11.9. The minimum Gasteiger partial charge on any atom is -0.495 e. The van der Waals surface area contributed by atoms with Crippen molar-refractivity contribution in [3.63, 3.8) is 0 Å². The summed E-state index contributed by atoms with van der Waals surface area (Å²) in [5.41, 5.74) is 6.89. The Morgan fingerprint density at radius 3 is 2.52 bits per heavy atom. The number of para-hydroxylation sites is 2. The molecule has 0 aliphatic carbocycles. The summed E-state index contributed by atoms with van der Waals surface area (Å²) in [5, 5.41) is 3.20. The van der Waals surface area contributed by atoms with Crippen molar-refractivity contribution in [3.05, 3.63) is 48.2 Å². The molecule has 0 atom stereocenters. The van der Waals surface area contributed by atoms with E-state index in [4.69, 9.17) is 10.5 Å². The van der Waals surface area contributed by atoms with E-state index in [1.165, 1.54) is 0 Å². The Balaban J connectivity index is 0.00000338. The van der Waals surface area contributed by atoms with Crippen molar-refractivity contribution in [2.24, 2.45) is 11.1 Å². The number of rotatable bonds is 7. The predicted molar refractivity (Wildman–Crippen MR) is 115 cm³/mol. The lowest BCUT2D eigenvalue weighted by molar-refractivity contribution is 0.0741. The van der Waals surface area contributed by atoms with Crippen LogP contribution in [0.2, 0.25) is 0 Å². The molecule has 1 heterocycles. The van der Waals surface area contributed by atoms with E-state index in [0.29, 0.717) is 30.2 Å². The first-order valence-corrected chi connectivity index (χ1v) is 8.18. The van der Waals surface area contributed by atoms with Crippen LogP contribution in [-0.2, 0) is 0 Å². The highest BCUT2D eigenvalue weighted by Gasteiger charge is 2.24. The maximum Gasteiger partial charge on any atom is 0.257 e. The van der Waals surface area contributed by atoms with Gasteiger partial charge in [-0.15, -0.1) is 24.8 Å². The van der Waals surface area contributed by atoms with Gasteiger partial charge in [0.05, 0.1) is 18.4 Å². The Hall–Kier alpha value is -2.02. The van der Waals surface area contributed by atoms with Gasteiger partial charge in [-0.1, -0.05) is 26.0 Å². The number of amides is 1. The predicted octanol–water partition coefficient (Wildman–Crippen LogP) is 3.73. The van der Waals surface area contributed by atoms with Gasteiger partial charge in [-0.05, 0) is 36.2 Å². The number of halogens is 2. The fourth-order valence-corrected chi connectivity index (χ4v) is 2.54. The van der Waals surface area contributed by atoms with Gasteiger partial charge in [0.25, 0.3) is 5.91 Å². The molecule has 3 N–H and O–H groups in total. The number of carbonyl (C=O) groups is 1. The van der Waals surface area contributed by atoms with Crippen molar-refractivity contribution in [1.29, 1.82) is 0 Å². The highest BCUT2D eigenvalue weighted by Crippen LogP contribution is 2.28. The second-order valence-corrected chi connectivity index (χ2v) is 6.75. The third-order valence-corrected chi connectivity index (χ3v) is 3.96. The van der Waals surface area contributed by atoms with Crippen LogP contribution in [0, 0.1) is 5.41 Å². The normalized spacial score (nSPS) is 10.3. The zero-order valence-corrected chi connectivity index (χ0v) is 17.7. The Morgan fingerprint density at radius 2 is 1.89 bits per heavy atom. The zero-order valence-electron chi connectivity index (χ0n) is 16.1. The fraction of sp³-hybridized carbons (Fsp3) is 0.368. The molecule has 1 aromatic heterocycles. The van der Waals surface area contributed by atoms with Gasteiger partial charge < -0.3 is 20.7 Å². The molecule has 0 bridgehead atoms. The quantitative estimate of drug-likeness (QED) is 0.720. The summed E-state index contributed by atoms with van der Waals surface area (Å²) in [6.45, 7) is 5.14. The van der Waals surface area contributed by atoms with Crippen molar-refractivity contribution >= 4 is 42.2 Å². The number of ether oxygens (including phenoxy) is 1. The summed E-state index contributed by atoms with van der Waals surface area (Å²) in [5.74, 6) is 1.07. The van der Waals surface area contributed by atoms with Crippen LogP contribution in [0.1, 0.15) is 24.2 Å². The molecule has 8 heteroatoms. The van der Waals surface area contributed by atoms with Crippen LogP contribution in [0.15, 0.2) is 42.6 Å². The Labute approximate surface area is 173 Å². The number of methoxy groups -OCH3 is 1. The fourth-order valence-electron chi connectivity index (χ4n) is 2.54. The summed E-state index contributed by atoms with van der Waals surface area (Å²) < 4.78 is 5.35. The number of nitrogens with zero attached hydrogens (tertiary/aromatic N) is 2. The maximum atomic E-state index is 12.9. The van der Waals surface area contributed by atoms with E-state index < -0.39 is 0 Å². The molecule has 27 heavy (non-hydrogen) atoms. The number of hydrogen-bond donors (Lipinski definition) is 2. The average molecular weight is 415 g/mol. The van der Waals surface area contributed by atoms with Gasteiger partial charge in [0.1, 0.15) is 11.6 Å². The Bertz CT molecular complexity index is 741. The number of aromatic nitrogens is 1. The zero-order chi connectivity index (χ0) is 18.4. The highest BCUT2D eigenvalue weighted by molar-refractivity contribution is 5.99. The molecule has 2 aromatic rings. The van der Waals surface area contributed by atoms with Crippen LogP contribution in [0.25, 0.3) is 0 Å². The van der Waals surface area contributed by atoms with E-state index in [1.54, 1.807) is 37.4 Å². The second kappa shape index (κ2) is 11.0. The summed E-state index contributed by atoms with van der Waals surface area (Å²) in [6.07, 6.45) is 1.65. The van der Waals surface area contributed by atoms with Crippen LogP contribution >= 0.6 is 24.8 Å². The SMILES string of the molecule is COc1ccccc1Nc1ncccc1C(=O)N(C)CC(C)(C)CN.Cl.Cl. The van der Waals surface area contributed by atoms with Crippen molar-refractivity contribution in [3.8, 4) is 5.75 Å². The molecule has 0 radical (unpaired) electrons. The van der Waals surface area contributed by atoms with Gasteiger partial charge in [0.15, 0.2) is 0 Å². The van der Waals surface area contributed by atoms with Crippen molar-refractivity contribution in [1.82, 2.24) is 9.88 Å². The number of hydrogen-bond acceptors (Lipinski definition) is 5. The smallest absolute Gasteiger partial charge is 0.257 e. The first kappa shape index (κ1) is 25.0. The molecule has 0 saturated carbocycles. The topological polar surface area (TPSA) is 80.5 Å². The number of benzene rings is 1. The molecular formula is C19H28Cl2N4O2. The molecule has 0 fully saturated rings. The minimum absolute atomic E-state index is 0. The van der Waals surface area contributed by atoms with Crippen LogP contribution in [0.3, 0.4) is 0 Å². The number of nitrogens with one attached hydrogen (secondary N) is 1. The van der Waals surface area contributed by atoms with Gasteiger partial charge in [0, 0.05) is 19.8 Å². The van der Waals surface area contributed by atoms with E-state index in [0.717, 1.165) is 5.69 Å². The van der Waals surface area contributed by atoms with Gasteiger partial charge in [0.2, 0.25) is 0 Å². The molecule has 0 spiro atoms. The van der Waals surface area contributed by atoms with Gasteiger partial charge in [-0.3, -0.25) is 4.79 Å². The number of carbonyl (C=O) groups excluding carboxylic acids is 1. The molecule has 2 rings (SSSR count). The lowest BCUT2D eigenvalue weighted by Crippen LogP contribution is -2.40. The van der Waals surface area contributed by atoms with Crippen molar-refractivity contribution in [2.45, 2.75) is 13.8 Å². The Morgan fingerprint density at radius 1 is 1.22 bits per heavy atom. The standard InChI is InChI=1S/C19H26N4O2.2ClH/c1-19(2,12-20)13-23(3)18(24)14-8-7-11-21-17(14)22-15-9-5-6-10-16(15)25-4;;/h5-11H,12-13,20H2,1-4H3,(H,21,22);2*1H. The molecule has 0 aliphatic heterocycles. The Kier molecular flexibility index (Phi) is 10.1. The van der Waals surface area contributed by atoms with Gasteiger partial charge in [-0.2, -0.15) is 0 Å². The molecule has 6 nitrogen and oxygen atoms in total. The summed E-state index contributed by atoms with van der Waals surface area (Å²) in [7, 11) is 3.38. The first-order valence-electron chi connectivity index (χ1n) is 8.18. The molecule has 0 unspecified atom stereocenters. The largest absolute Gasteiger partial charge is 0.495 e. The van der Waals surface area contributed by atoms with E-state index in [9.17, 15) is 4.79 Å². The number of anilines is 2. The van der Waals surface area contributed by atoms with Crippen LogP contribution in [0.4, 0.5) is 11.5 Å². The van der Waals surface area contributed by atoms with Crippen LogP contribution in [0.5, 0.6) is 5.75 Å². The van der Waals surface area contributed by atoms with Gasteiger partial charge in [-0.25, -0.2) is 4.98 Å². The van der Waals surface area contributed by atoms with Crippen LogP contribution < -0.4 is 15.8 Å². The van der Waals surface area contributed by atoms with E-state index in [1.807, 2.05) is 38.1 Å². The third-order valence-electron chi connectivity index (χ3n) is 3.96. The average Bonchev–Trinajstić information content (AvgIpc) is 2.61. The molecule has 1 amide bonds. The second-order valence-electron chi connectivity index (χ2n) is 6.75. The lowest BCUT2D eigenvalue weighted by Gasteiger charge is -2.29. The van der Waals surface area contributed by atoms with Crippen LogP contribution in [-0.4, -0.2) is 43.0 Å². The van der Waals surface area contributed by atoms with Crippen molar-refractivity contribution < 1.29 is 9.53 Å². The number of pyridine rings is 1.